The summed E-state index contributed by atoms with van der Waals surface area (Å²) in [5.41, 5.74) is 3.54. The van der Waals surface area contributed by atoms with Crippen molar-refractivity contribution in [2.45, 2.75) is 33.9 Å². The van der Waals surface area contributed by atoms with Crippen molar-refractivity contribution in [3.63, 3.8) is 0 Å². The van der Waals surface area contributed by atoms with Crippen LogP contribution in [0.2, 0.25) is 0 Å². The number of rotatable bonds is 5. The van der Waals surface area contributed by atoms with Crippen molar-refractivity contribution in [2.24, 2.45) is 12.5 Å². The van der Waals surface area contributed by atoms with E-state index in [1.807, 2.05) is 30.3 Å². The third kappa shape index (κ3) is 4.51. The average molecular weight is 404 g/mol. The van der Waals surface area contributed by atoms with E-state index in [1.165, 1.54) is 0 Å². The number of fused-ring (bicyclic) bond motifs is 1. The molecular weight excluding hydrogens is 378 g/mol. The van der Waals surface area contributed by atoms with E-state index >= 15 is 0 Å². The van der Waals surface area contributed by atoms with Crippen LogP contribution in [-0.4, -0.2) is 28.8 Å². The minimum atomic E-state index is -3.51. The third-order valence-corrected chi connectivity index (χ3v) is 4.82. The molecule has 0 spiro atoms. The van der Waals surface area contributed by atoms with Crippen LogP contribution < -0.4 is 5.69 Å². The first-order chi connectivity index (χ1) is 12.9. The van der Waals surface area contributed by atoms with Gasteiger partial charge < -0.3 is 0 Å². The van der Waals surface area contributed by atoms with Crippen LogP contribution in [0.15, 0.2) is 41.2 Å². The maximum absolute atomic E-state index is 12.7. The molecule has 2 aromatic heterocycles. The van der Waals surface area contributed by atoms with Crippen LogP contribution in [0.1, 0.15) is 26.3 Å². The Kier molecular flexibility index (Phi) is 5.20. The summed E-state index contributed by atoms with van der Waals surface area (Å²) < 4.78 is 30.6. The summed E-state index contributed by atoms with van der Waals surface area (Å²) in [7, 11) is -1.79. The van der Waals surface area contributed by atoms with Crippen molar-refractivity contribution < 1.29 is 12.6 Å². The highest BCUT2D eigenvalue weighted by Gasteiger charge is 2.18. The molecule has 0 saturated carbocycles. The molecule has 0 unspecified atom stereocenters. The number of benzene rings is 1. The van der Waals surface area contributed by atoms with Gasteiger partial charge in [-0.1, -0.05) is 39.0 Å². The molecule has 0 fully saturated rings. The van der Waals surface area contributed by atoms with E-state index < -0.39 is 10.1 Å². The fourth-order valence-electron chi connectivity index (χ4n) is 3.06. The third-order valence-electron chi connectivity index (χ3n) is 4.28. The first kappa shape index (κ1) is 20.3. The molecule has 3 rings (SSSR count). The Morgan fingerprint density at radius 3 is 2.50 bits per heavy atom. The van der Waals surface area contributed by atoms with Crippen molar-refractivity contribution in [1.29, 1.82) is 0 Å². The molecule has 0 atom stereocenters. The number of aromatic nitrogens is 3. The number of hydrogen-bond donors (Lipinski definition) is 0. The molecule has 0 N–H and O–H groups in total. The minimum absolute atomic E-state index is 0.0324. The van der Waals surface area contributed by atoms with Gasteiger partial charge in [0.2, 0.25) is 0 Å². The van der Waals surface area contributed by atoms with Crippen molar-refractivity contribution in [1.82, 2.24) is 14.1 Å². The van der Waals surface area contributed by atoms with Gasteiger partial charge in [0.1, 0.15) is 0 Å². The Balaban J connectivity index is 2.02. The summed E-state index contributed by atoms with van der Waals surface area (Å²) in [4.78, 5) is 17.3. The molecule has 0 aliphatic rings. The second-order valence-electron chi connectivity index (χ2n) is 8.19. The maximum Gasteiger partial charge on any atom is 0.330 e. The van der Waals surface area contributed by atoms with Gasteiger partial charge in [0.05, 0.1) is 24.1 Å². The Morgan fingerprint density at radius 1 is 1.14 bits per heavy atom. The van der Waals surface area contributed by atoms with Crippen molar-refractivity contribution in [3.8, 4) is 11.3 Å². The first-order valence-corrected chi connectivity index (χ1v) is 10.8. The van der Waals surface area contributed by atoms with Crippen LogP contribution in [-0.2, 0) is 34.5 Å². The summed E-state index contributed by atoms with van der Waals surface area (Å²) in [5, 5.41) is 0. The standard InChI is InChI=1S/C20H25N3O4S/c1-20(2,3)13-23-17-10-9-16(21-18(17)22(4)19(23)24)15-8-6-7-14(11-15)12-27-28(5,25)26/h6-11H,12-13H2,1-5H3. The predicted octanol–water partition coefficient (Wildman–Crippen LogP) is 2.92. The molecule has 150 valence electrons. The van der Waals surface area contributed by atoms with Gasteiger partial charge >= 0.3 is 5.69 Å². The fourth-order valence-corrected chi connectivity index (χ4v) is 3.41. The molecule has 28 heavy (non-hydrogen) atoms. The van der Waals surface area contributed by atoms with E-state index in [-0.39, 0.29) is 17.7 Å². The highest BCUT2D eigenvalue weighted by molar-refractivity contribution is 7.85. The lowest BCUT2D eigenvalue weighted by molar-refractivity contribution is 0.312. The predicted molar refractivity (Wildman–Crippen MR) is 109 cm³/mol. The average Bonchev–Trinajstić information content (AvgIpc) is 2.83. The van der Waals surface area contributed by atoms with E-state index in [1.54, 1.807) is 22.2 Å². The number of hydrogen-bond acceptors (Lipinski definition) is 5. The molecule has 0 aliphatic heterocycles. The van der Waals surface area contributed by atoms with Crippen LogP contribution in [0.3, 0.4) is 0 Å². The lowest BCUT2D eigenvalue weighted by Crippen LogP contribution is -2.27. The van der Waals surface area contributed by atoms with Crippen LogP contribution >= 0.6 is 0 Å². The summed E-state index contributed by atoms with van der Waals surface area (Å²) in [6.07, 6.45) is 1.02. The fraction of sp³-hybridized carbons (Fsp3) is 0.400. The summed E-state index contributed by atoms with van der Waals surface area (Å²) in [6, 6.07) is 11.1. The smallest absolute Gasteiger partial charge is 0.290 e. The van der Waals surface area contributed by atoms with Gasteiger partial charge in [0.25, 0.3) is 10.1 Å². The van der Waals surface area contributed by atoms with E-state index in [0.717, 1.165) is 22.9 Å². The zero-order chi connectivity index (χ0) is 20.7. The van der Waals surface area contributed by atoms with E-state index in [0.29, 0.717) is 17.9 Å². The molecule has 3 aromatic rings. The Labute approximate surface area is 164 Å². The van der Waals surface area contributed by atoms with Gasteiger partial charge in [-0.15, -0.1) is 0 Å². The summed E-state index contributed by atoms with van der Waals surface area (Å²) >= 11 is 0. The summed E-state index contributed by atoms with van der Waals surface area (Å²) in [6.45, 7) is 6.83. The zero-order valence-electron chi connectivity index (χ0n) is 16.8. The Morgan fingerprint density at radius 2 is 1.86 bits per heavy atom. The first-order valence-electron chi connectivity index (χ1n) is 8.95. The van der Waals surface area contributed by atoms with Crippen molar-refractivity contribution in [3.05, 3.63) is 52.4 Å². The van der Waals surface area contributed by atoms with Crippen molar-refractivity contribution >= 4 is 21.3 Å². The quantitative estimate of drug-likeness (QED) is 0.612. The normalized spacial score (nSPS) is 12.6. The second kappa shape index (κ2) is 7.18. The molecule has 0 radical (unpaired) electrons. The van der Waals surface area contributed by atoms with E-state index in [4.69, 9.17) is 4.18 Å². The monoisotopic (exact) mass is 403 g/mol. The topological polar surface area (TPSA) is 83.2 Å². The molecular formula is C20H25N3O4S. The lowest BCUT2D eigenvalue weighted by Gasteiger charge is -2.18. The van der Waals surface area contributed by atoms with Gasteiger partial charge in [-0.25, -0.2) is 9.78 Å². The molecule has 2 heterocycles. The Hall–Kier alpha value is -2.45. The molecule has 0 saturated heterocycles. The number of imidazole rings is 1. The maximum atomic E-state index is 12.7. The van der Waals surface area contributed by atoms with Crippen LogP contribution in [0.25, 0.3) is 22.4 Å². The highest BCUT2D eigenvalue weighted by Crippen LogP contribution is 2.24. The molecule has 7 nitrogen and oxygen atoms in total. The Bertz CT molecular complexity index is 1180. The van der Waals surface area contributed by atoms with Crippen LogP contribution in [0, 0.1) is 5.41 Å². The molecule has 8 heteroatoms. The zero-order valence-corrected chi connectivity index (χ0v) is 17.6. The number of pyridine rings is 1. The number of nitrogens with zero attached hydrogens (tertiary/aromatic N) is 3. The van der Waals surface area contributed by atoms with Crippen LogP contribution in [0.5, 0.6) is 0 Å². The van der Waals surface area contributed by atoms with E-state index in [2.05, 4.69) is 25.8 Å². The lowest BCUT2D eigenvalue weighted by atomic mass is 9.97. The van der Waals surface area contributed by atoms with Gasteiger partial charge in [-0.05, 0) is 29.2 Å². The SMILES string of the molecule is Cn1c(=O)n(CC(C)(C)C)c2ccc(-c3cccc(COS(C)(=O)=O)c3)nc21. The molecule has 0 amide bonds. The second-order valence-corrected chi connectivity index (χ2v) is 9.84. The molecule has 0 aliphatic carbocycles. The molecule has 0 bridgehead atoms. The van der Waals surface area contributed by atoms with Gasteiger partial charge in [-0.3, -0.25) is 13.3 Å². The molecule has 1 aromatic carbocycles. The van der Waals surface area contributed by atoms with Gasteiger partial charge in [-0.2, -0.15) is 8.42 Å². The largest absolute Gasteiger partial charge is 0.330 e. The summed E-state index contributed by atoms with van der Waals surface area (Å²) in [5.74, 6) is 0. The van der Waals surface area contributed by atoms with Crippen LogP contribution in [0.4, 0.5) is 0 Å². The van der Waals surface area contributed by atoms with E-state index in [9.17, 15) is 13.2 Å². The van der Waals surface area contributed by atoms with Crippen molar-refractivity contribution in [2.75, 3.05) is 6.26 Å². The van der Waals surface area contributed by atoms with Gasteiger partial charge in [0.15, 0.2) is 5.65 Å². The van der Waals surface area contributed by atoms with Gasteiger partial charge in [0, 0.05) is 19.2 Å². The highest BCUT2D eigenvalue weighted by atomic mass is 32.2. The number of aryl methyl sites for hydroxylation is 1. The minimum Gasteiger partial charge on any atom is -0.290 e.